The third-order valence-electron chi connectivity index (χ3n) is 6.09. The Morgan fingerprint density at radius 2 is 0.523 bits per heavy atom. The van der Waals surface area contributed by atoms with E-state index in [2.05, 4.69) is 217 Å². The summed E-state index contributed by atoms with van der Waals surface area (Å²) in [5.74, 6) is -0.0833. The van der Waals surface area contributed by atoms with E-state index in [9.17, 15) is 4.79 Å². The molecule has 0 heterocycles. The minimum atomic E-state index is -0.446. The molecular formula is C39H35ClOP2Pd. The van der Waals surface area contributed by atoms with Gasteiger partial charge in [-0.1, -0.05) is 182 Å². The molecule has 0 spiro atoms. The molecule has 0 radical (unpaired) electrons. The predicted molar refractivity (Wildman–Crippen MR) is 192 cm³/mol. The fourth-order valence-corrected chi connectivity index (χ4v) is 8.97. The Bertz CT molecular complexity index is 1280. The van der Waals surface area contributed by atoms with Crippen LogP contribution in [0.2, 0.25) is 0 Å². The standard InChI is InChI=1S/2C18H15P.C3H5O.ClH.Pd/c2*1-4-10-16(11-5-1)19(17-12-6-2-7-13-17)18-14-8-3-9-15-18;1-3(2)4;;/h2*1-15H;1H2,2H3;1H;/q;;-1;;+2/p-1. The molecule has 5 heteroatoms. The largest absolute Gasteiger partial charge is 0.0622 e. The van der Waals surface area contributed by atoms with E-state index in [1.165, 1.54) is 38.8 Å². The van der Waals surface area contributed by atoms with Crippen LogP contribution in [-0.4, -0.2) is 5.78 Å². The molecule has 6 aromatic rings. The van der Waals surface area contributed by atoms with Crippen molar-refractivity contribution in [2.75, 3.05) is 0 Å². The van der Waals surface area contributed by atoms with Gasteiger partial charge in [-0.3, -0.25) is 0 Å². The van der Waals surface area contributed by atoms with E-state index in [1.807, 2.05) is 0 Å². The smallest absolute Gasteiger partial charge is 0.0134 e. The zero-order valence-electron chi connectivity index (χ0n) is 24.5. The molecule has 0 unspecified atom stereocenters. The molecule has 224 valence electrons. The first-order valence-corrected chi connectivity index (χ1v) is 18.7. The summed E-state index contributed by atoms with van der Waals surface area (Å²) in [6.07, 6.45) is 0. The van der Waals surface area contributed by atoms with Crippen molar-refractivity contribution in [2.45, 2.75) is 6.92 Å². The summed E-state index contributed by atoms with van der Waals surface area (Å²) in [7, 11) is 3.60. The van der Waals surface area contributed by atoms with E-state index in [0.29, 0.717) is 0 Å². The molecule has 0 fully saturated rings. The summed E-state index contributed by atoms with van der Waals surface area (Å²) in [6, 6.07) is 64.7. The van der Waals surface area contributed by atoms with Crippen molar-refractivity contribution in [3.63, 3.8) is 0 Å². The number of halogens is 1. The third-order valence-corrected chi connectivity index (χ3v) is 11.0. The monoisotopic (exact) mass is 722 g/mol. The molecule has 0 saturated carbocycles. The number of hydrogen-bond acceptors (Lipinski definition) is 1. The molecule has 1 nitrogen and oxygen atoms in total. The SMILES string of the molecule is [CH2-]C(C)=O.[Cl][Pd+].c1ccc(P(c2ccccc2)c2ccccc2)cc1.c1ccc(P(c2ccccc2)c2ccccc2)cc1. The summed E-state index contributed by atoms with van der Waals surface area (Å²) in [6.45, 7) is 4.42. The number of benzene rings is 6. The maximum Gasteiger partial charge on any atom is -0.0134 e. The van der Waals surface area contributed by atoms with Gasteiger partial charge in [0.15, 0.2) is 0 Å². The fourth-order valence-electron chi connectivity index (χ4n) is 4.36. The van der Waals surface area contributed by atoms with Crippen molar-refractivity contribution in [3.8, 4) is 0 Å². The predicted octanol–water partition coefficient (Wildman–Crippen LogP) is 7.99. The molecule has 0 atom stereocenters. The van der Waals surface area contributed by atoms with Crippen LogP contribution in [0.1, 0.15) is 6.92 Å². The Kier molecular flexibility index (Phi) is 16.5. The maximum absolute atomic E-state index is 9.33. The van der Waals surface area contributed by atoms with Crippen LogP contribution < -0.4 is 31.8 Å². The number of carbonyl (C=O) groups excluding carboxylic acids is 1. The van der Waals surface area contributed by atoms with Crippen molar-refractivity contribution in [1.29, 1.82) is 0 Å². The first-order chi connectivity index (χ1) is 21.6. The first kappa shape index (κ1) is 35.2. The summed E-state index contributed by atoms with van der Waals surface area (Å²) in [5.41, 5.74) is 0. The Morgan fingerprint density at radius 3 is 0.636 bits per heavy atom. The average molecular weight is 724 g/mol. The van der Waals surface area contributed by atoms with Crippen LogP contribution in [0, 0.1) is 6.92 Å². The summed E-state index contributed by atoms with van der Waals surface area (Å²) >= 11 is 2.22. The number of ketones is 1. The van der Waals surface area contributed by atoms with Crippen molar-refractivity contribution in [1.82, 2.24) is 0 Å². The number of Topliss-reactive ketones (excluding diaryl/α,β-unsaturated/α-hetero) is 1. The molecule has 0 saturated heterocycles. The van der Waals surface area contributed by atoms with Crippen molar-refractivity contribution in [3.05, 3.63) is 189 Å². The van der Waals surface area contributed by atoms with E-state index in [1.54, 1.807) is 0 Å². The van der Waals surface area contributed by atoms with Gasteiger partial charge in [-0.25, -0.2) is 0 Å². The van der Waals surface area contributed by atoms with Gasteiger partial charge in [-0.15, -0.1) is 0 Å². The van der Waals surface area contributed by atoms with E-state index in [-0.39, 0.29) is 5.78 Å². The Labute approximate surface area is 280 Å². The molecule has 44 heavy (non-hydrogen) atoms. The van der Waals surface area contributed by atoms with Crippen molar-refractivity contribution < 1.29 is 23.0 Å². The van der Waals surface area contributed by atoms with E-state index in [4.69, 9.17) is 0 Å². The van der Waals surface area contributed by atoms with Gasteiger partial charge in [0.1, 0.15) is 0 Å². The van der Waals surface area contributed by atoms with E-state index >= 15 is 0 Å². The van der Waals surface area contributed by atoms with Gasteiger partial charge >= 0.3 is 27.7 Å². The molecule has 0 aromatic heterocycles. The molecule has 0 aliphatic carbocycles. The summed E-state index contributed by atoms with van der Waals surface area (Å²) in [5, 5.41) is 8.39. The molecule has 6 aromatic carbocycles. The van der Waals surface area contributed by atoms with Gasteiger partial charge in [-0.2, -0.15) is 0 Å². The van der Waals surface area contributed by atoms with Crippen molar-refractivity contribution >= 4 is 63.0 Å². The van der Waals surface area contributed by atoms with Gasteiger partial charge in [-0.05, 0) is 60.4 Å². The van der Waals surface area contributed by atoms with Crippen LogP contribution in [0.5, 0.6) is 0 Å². The summed E-state index contributed by atoms with van der Waals surface area (Å²) in [4.78, 5) is 9.33. The second-order valence-corrected chi connectivity index (χ2v) is 13.8. The Balaban J connectivity index is 0.000000205. The first-order valence-electron chi connectivity index (χ1n) is 14.0. The molecular weight excluding hydrogens is 688 g/mol. The van der Waals surface area contributed by atoms with Crippen LogP contribution >= 0.6 is 25.4 Å². The molecule has 0 amide bonds. The van der Waals surface area contributed by atoms with Crippen LogP contribution in [0.4, 0.5) is 0 Å². The minimum Gasteiger partial charge on any atom is -0.0622 e. The van der Waals surface area contributed by atoms with E-state index < -0.39 is 15.8 Å². The number of hydrogen-bond donors (Lipinski definition) is 0. The second-order valence-electron chi connectivity index (χ2n) is 9.39. The maximum atomic E-state index is 9.33. The second kappa shape index (κ2) is 20.6. The van der Waals surface area contributed by atoms with Crippen LogP contribution in [-0.2, 0) is 23.0 Å². The Morgan fingerprint density at radius 1 is 0.409 bits per heavy atom. The number of carbonyl (C=O) groups is 1. The van der Waals surface area contributed by atoms with Gasteiger partial charge < -0.3 is 11.7 Å². The molecule has 0 N–H and O–H groups in total. The molecule has 0 aliphatic rings. The van der Waals surface area contributed by atoms with Gasteiger partial charge in [0.25, 0.3) is 0 Å². The average Bonchev–Trinajstić information content (AvgIpc) is 3.09. The molecule has 0 aliphatic heterocycles. The minimum absolute atomic E-state index is 0.0833. The quantitative estimate of drug-likeness (QED) is 0.0969. The van der Waals surface area contributed by atoms with Crippen LogP contribution in [0.3, 0.4) is 0 Å². The molecule has 0 bridgehead atoms. The normalized spacial score (nSPS) is 9.86. The summed E-state index contributed by atoms with van der Waals surface area (Å²) < 4.78 is 0. The zero-order valence-corrected chi connectivity index (χ0v) is 28.6. The third kappa shape index (κ3) is 11.6. The Hall–Kier alpha value is -3.33. The fraction of sp³-hybridized carbons (Fsp3) is 0.0256. The van der Waals surface area contributed by atoms with E-state index in [0.717, 1.165) is 0 Å². The van der Waals surface area contributed by atoms with Gasteiger partial charge in [0.2, 0.25) is 0 Å². The zero-order chi connectivity index (χ0) is 31.4. The molecule has 6 rings (SSSR count). The van der Waals surface area contributed by atoms with Gasteiger partial charge in [0.05, 0.1) is 0 Å². The van der Waals surface area contributed by atoms with Gasteiger partial charge in [0, 0.05) is 0 Å². The topological polar surface area (TPSA) is 17.1 Å². The number of rotatable bonds is 6. The van der Waals surface area contributed by atoms with Crippen LogP contribution in [0.25, 0.3) is 0 Å². The van der Waals surface area contributed by atoms with Crippen molar-refractivity contribution in [2.24, 2.45) is 0 Å². The van der Waals surface area contributed by atoms with Crippen LogP contribution in [0.15, 0.2) is 182 Å².